The highest BCUT2D eigenvalue weighted by molar-refractivity contribution is 9.10. The van der Waals surface area contributed by atoms with Crippen LogP contribution in [0.1, 0.15) is 35.6 Å². The van der Waals surface area contributed by atoms with Crippen LogP contribution in [0.3, 0.4) is 0 Å². The third kappa shape index (κ3) is 5.74. The number of ether oxygens (including phenoxy) is 1. The van der Waals surface area contributed by atoms with E-state index < -0.39 is 5.92 Å². The van der Waals surface area contributed by atoms with Crippen molar-refractivity contribution in [3.8, 4) is 11.5 Å². The first-order valence-electron chi connectivity index (χ1n) is 14.2. The number of nitrogens with one attached hydrogen (secondary N) is 1. The van der Waals surface area contributed by atoms with Gasteiger partial charge < -0.3 is 9.64 Å². The van der Waals surface area contributed by atoms with Crippen LogP contribution in [0.5, 0.6) is 11.5 Å². The van der Waals surface area contributed by atoms with Crippen molar-refractivity contribution < 1.29 is 14.3 Å². The molecule has 1 unspecified atom stereocenters. The second-order valence-corrected chi connectivity index (χ2v) is 11.7. The molecule has 1 N–H and O–H groups in total. The van der Waals surface area contributed by atoms with Gasteiger partial charge in [-0.3, -0.25) is 24.5 Å². The number of hydrogen-bond acceptors (Lipinski definition) is 6. The van der Waals surface area contributed by atoms with Crippen molar-refractivity contribution in [1.82, 2.24) is 20.0 Å². The summed E-state index contributed by atoms with van der Waals surface area (Å²) in [7, 11) is 1.94. The van der Waals surface area contributed by atoms with Gasteiger partial charge >= 0.3 is 0 Å². The molecule has 6 rings (SSSR count). The molecule has 2 saturated heterocycles. The van der Waals surface area contributed by atoms with Crippen LogP contribution in [0.4, 0.5) is 5.69 Å². The Kier molecular flexibility index (Phi) is 7.81. The highest BCUT2D eigenvalue weighted by atomic mass is 79.9. The van der Waals surface area contributed by atoms with Crippen LogP contribution in [0, 0.1) is 6.92 Å². The van der Waals surface area contributed by atoms with Crippen LogP contribution >= 0.6 is 15.9 Å². The highest BCUT2D eigenvalue weighted by Crippen LogP contribution is 2.35. The Morgan fingerprint density at radius 1 is 1.00 bits per heavy atom. The van der Waals surface area contributed by atoms with E-state index in [4.69, 9.17) is 9.84 Å². The topological polar surface area (TPSA) is 79.7 Å². The molecule has 9 heteroatoms. The molecule has 3 aromatic carbocycles. The molecule has 1 atom stereocenters. The number of rotatable bonds is 7. The van der Waals surface area contributed by atoms with E-state index in [1.807, 2.05) is 61.1 Å². The highest BCUT2D eigenvalue weighted by Gasteiger charge is 2.32. The van der Waals surface area contributed by atoms with Gasteiger partial charge in [0.2, 0.25) is 11.8 Å². The van der Waals surface area contributed by atoms with E-state index in [0.717, 1.165) is 83.0 Å². The Balaban J connectivity index is 1.06. The largest absolute Gasteiger partial charge is 0.457 e. The van der Waals surface area contributed by atoms with Crippen molar-refractivity contribution in [2.75, 3.05) is 37.6 Å². The summed E-state index contributed by atoms with van der Waals surface area (Å²) in [6, 6.07) is 20.6. The number of hydrogen-bond donors (Lipinski definition) is 1. The fourth-order valence-corrected chi connectivity index (χ4v) is 6.21. The summed E-state index contributed by atoms with van der Waals surface area (Å²) in [4.78, 5) is 29.1. The Hall–Kier alpha value is -3.69. The first kappa shape index (κ1) is 27.5. The minimum Gasteiger partial charge on any atom is -0.457 e. The van der Waals surface area contributed by atoms with Crippen molar-refractivity contribution in [2.45, 2.75) is 32.1 Å². The number of piperazine rings is 1. The van der Waals surface area contributed by atoms with Crippen LogP contribution in [-0.4, -0.2) is 59.2 Å². The SMILES string of the molecule is Cc1c(Br)cccc1Oc1ccc(CCN2CCN(c3cccc4c(C5CCC(=O)NC5=O)nn(C)c34)CC2)cc1. The molecule has 212 valence electrons. The maximum atomic E-state index is 12.6. The number of amides is 2. The fourth-order valence-electron chi connectivity index (χ4n) is 5.86. The van der Waals surface area contributed by atoms with Crippen LogP contribution in [0.15, 0.2) is 65.1 Å². The summed E-state index contributed by atoms with van der Waals surface area (Å²) >= 11 is 3.57. The van der Waals surface area contributed by atoms with Gasteiger partial charge in [-0.15, -0.1) is 0 Å². The average Bonchev–Trinajstić information content (AvgIpc) is 3.31. The van der Waals surface area contributed by atoms with Crippen molar-refractivity contribution >= 4 is 44.3 Å². The van der Waals surface area contributed by atoms with Crippen LogP contribution in [0.2, 0.25) is 0 Å². The summed E-state index contributed by atoms with van der Waals surface area (Å²) in [5.74, 6) is 0.853. The normalized spacial score (nSPS) is 18.1. The van der Waals surface area contributed by atoms with E-state index in [-0.39, 0.29) is 11.8 Å². The molecule has 2 fully saturated rings. The summed E-state index contributed by atoms with van der Waals surface area (Å²) < 4.78 is 9.02. The number of carbonyl (C=O) groups is 2. The fraction of sp³-hybridized carbons (Fsp3) is 0.344. The molecule has 2 amide bonds. The Morgan fingerprint density at radius 2 is 1.76 bits per heavy atom. The number of aryl methyl sites for hydroxylation is 1. The zero-order valence-corrected chi connectivity index (χ0v) is 25.0. The standard InChI is InChI=1S/C32H34BrN5O3/c1-21-26(33)6-4-8-28(21)41-23-11-9-22(10-12-23)15-16-37-17-19-38(20-18-37)27-7-3-5-24-30(35-36(2)31(24)27)25-13-14-29(39)34-32(25)40/h3-12,25H,13-20H2,1-2H3,(H,34,39,40). The number of fused-ring (bicyclic) bond motifs is 1. The van der Waals surface area contributed by atoms with E-state index in [1.54, 1.807) is 0 Å². The molecule has 0 spiro atoms. The quantitative estimate of drug-likeness (QED) is 0.283. The van der Waals surface area contributed by atoms with Gasteiger partial charge in [0.25, 0.3) is 0 Å². The van der Waals surface area contributed by atoms with Crippen LogP contribution < -0.4 is 15.0 Å². The van der Waals surface area contributed by atoms with Crippen molar-refractivity contribution in [3.05, 3.63) is 82.0 Å². The molecule has 0 radical (unpaired) electrons. The summed E-state index contributed by atoms with van der Waals surface area (Å²) in [6.45, 7) is 6.88. The minimum absolute atomic E-state index is 0.206. The van der Waals surface area contributed by atoms with E-state index in [9.17, 15) is 9.59 Å². The number of carbonyl (C=O) groups excluding carboxylic acids is 2. The lowest BCUT2D eigenvalue weighted by Gasteiger charge is -2.36. The Labute approximate surface area is 248 Å². The van der Waals surface area contributed by atoms with Crippen molar-refractivity contribution in [3.63, 3.8) is 0 Å². The number of nitrogens with zero attached hydrogens (tertiary/aromatic N) is 4. The molecule has 8 nitrogen and oxygen atoms in total. The molecule has 0 saturated carbocycles. The lowest BCUT2D eigenvalue weighted by molar-refractivity contribution is -0.134. The molecule has 1 aromatic heterocycles. The van der Waals surface area contributed by atoms with E-state index in [1.165, 1.54) is 5.56 Å². The summed E-state index contributed by atoms with van der Waals surface area (Å²) in [6.07, 6.45) is 1.84. The minimum atomic E-state index is -0.395. The second-order valence-electron chi connectivity index (χ2n) is 10.9. The van der Waals surface area contributed by atoms with Gasteiger partial charge in [0.15, 0.2) is 0 Å². The summed E-state index contributed by atoms with van der Waals surface area (Å²) in [5, 5.41) is 8.22. The monoisotopic (exact) mass is 615 g/mol. The lowest BCUT2D eigenvalue weighted by Crippen LogP contribution is -2.47. The number of piperidine rings is 1. The molecule has 0 bridgehead atoms. The zero-order valence-electron chi connectivity index (χ0n) is 23.4. The number of anilines is 1. The zero-order chi connectivity index (χ0) is 28.5. The third-order valence-electron chi connectivity index (χ3n) is 8.24. The van der Waals surface area contributed by atoms with Crippen LogP contribution in [0.25, 0.3) is 10.9 Å². The molecule has 2 aliphatic heterocycles. The number of halogens is 1. The van der Waals surface area contributed by atoms with E-state index in [0.29, 0.717) is 12.8 Å². The van der Waals surface area contributed by atoms with E-state index in [2.05, 4.69) is 49.2 Å². The number of para-hydroxylation sites is 1. The lowest BCUT2D eigenvalue weighted by atomic mass is 9.92. The van der Waals surface area contributed by atoms with Crippen LogP contribution in [-0.2, 0) is 23.1 Å². The predicted molar refractivity (Wildman–Crippen MR) is 164 cm³/mol. The first-order valence-corrected chi connectivity index (χ1v) is 14.9. The van der Waals surface area contributed by atoms with Gasteiger partial charge in [0, 0.05) is 61.6 Å². The number of imide groups is 1. The average molecular weight is 617 g/mol. The number of aromatic nitrogens is 2. The van der Waals surface area contributed by atoms with Gasteiger partial charge in [0.1, 0.15) is 11.5 Å². The van der Waals surface area contributed by atoms with Gasteiger partial charge in [0.05, 0.1) is 22.8 Å². The third-order valence-corrected chi connectivity index (χ3v) is 9.10. The molecule has 2 aliphatic rings. The molecule has 4 aromatic rings. The van der Waals surface area contributed by atoms with Gasteiger partial charge in [-0.25, -0.2) is 0 Å². The van der Waals surface area contributed by atoms with Gasteiger partial charge in [-0.05, 0) is 55.7 Å². The molecule has 0 aliphatic carbocycles. The van der Waals surface area contributed by atoms with Crippen molar-refractivity contribution in [2.24, 2.45) is 7.05 Å². The molecule has 3 heterocycles. The molecule has 41 heavy (non-hydrogen) atoms. The maximum Gasteiger partial charge on any atom is 0.235 e. The molecular weight excluding hydrogens is 582 g/mol. The summed E-state index contributed by atoms with van der Waals surface area (Å²) in [5.41, 5.74) is 5.33. The van der Waals surface area contributed by atoms with Gasteiger partial charge in [-0.1, -0.05) is 46.3 Å². The Morgan fingerprint density at radius 3 is 2.51 bits per heavy atom. The van der Waals surface area contributed by atoms with E-state index >= 15 is 0 Å². The smallest absolute Gasteiger partial charge is 0.235 e. The maximum absolute atomic E-state index is 12.6. The number of benzene rings is 3. The Bertz CT molecular complexity index is 1590. The second kappa shape index (κ2) is 11.7. The first-order chi connectivity index (χ1) is 19.9. The van der Waals surface area contributed by atoms with Crippen molar-refractivity contribution in [1.29, 1.82) is 0 Å². The van der Waals surface area contributed by atoms with Gasteiger partial charge in [-0.2, -0.15) is 5.10 Å². The molecular formula is C32H34BrN5O3. The predicted octanol–water partition coefficient (Wildman–Crippen LogP) is 5.32.